The highest BCUT2D eigenvalue weighted by atomic mass is 16.5. The van der Waals surface area contributed by atoms with E-state index < -0.39 is 11.7 Å². The van der Waals surface area contributed by atoms with Crippen LogP contribution in [0.4, 0.5) is 0 Å². The minimum atomic E-state index is -1.51. The Hall–Kier alpha value is -2.14. The van der Waals surface area contributed by atoms with Crippen LogP contribution in [-0.4, -0.2) is 28.9 Å². The molecule has 0 amide bonds. The maximum atomic E-state index is 11.2. The predicted octanol–water partition coefficient (Wildman–Crippen LogP) is 1.01. The Balaban J connectivity index is 2.32. The molecule has 0 bridgehead atoms. The van der Waals surface area contributed by atoms with E-state index in [1.54, 1.807) is 30.6 Å². The number of methoxy groups -OCH3 is 1. The molecule has 2 N–H and O–H groups in total. The molecule has 0 fully saturated rings. The maximum absolute atomic E-state index is 11.2. The first-order valence-corrected chi connectivity index (χ1v) is 5.04. The molecule has 1 aliphatic rings. The van der Waals surface area contributed by atoms with Crippen LogP contribution < -0.4 is 5.32 Å². The van der Waals surface area contributed by atoms with Gasteiger partial charge in [-0.25, -0.2) is 4.79 Å². The summed E-state index contributed by atoms with van der Waals surface area (Å²) in [6.07, 6.45) is 8.19. The molecule has 0 saturated heterocycles. The molecule has 1 unspecified atom stereocenters. The van der Waals surface area contributed by atoms with Crippen LogP contribution in [0.3, 0.4) is 0 Å². The van der Waals surface area contributed by atoms with E-state index in [-0.39, 0.29) is 0 Å². The van der Waals surface area contributed by atoms with Crippen molar-refractivity contribution in [1.82, 2.24) is 10.3 Å². The van der Waals surface area contributed by atoms with Crippen molar-refractivity contribution in [2.45, 2.75) is 5.72 Å². The summed E-state index contributed by atoms with van der Waals surface area (Å²) in [5, 5.41) is 12.0. The van der Waals surface area contributed by atoms with Crippen LogP contribution in [0.2, 0.25) is 0 Å². The number of dihydropyridines is 1. The minimum Gasteiger partial charge on any atom is -0.477 e. The Labute approximate surface area is 98.4 Å². The van der Waals surface area contributed by atoms with Crippen LogP contribution in [0.5, 0.6) is 0 Å². The number of aromatic nitrogens is 1. The molecule has 0 radical (unpaired) electrons. The number of hydrogen-bond donors (Lipinski definition) is 2. The maximum Gasteiger partial charge on any atom is 0.361 e. The topological polar surface area (TPSA) is 71.5 Å². The summed E-state index contributed by atoms with van der Waals surface area (Å²) in [5.41, 5.74) is -0.0516. The fraction of sp³-hybridized carbons (Fsp3) is 0.167. The lowest BCUT2D eigenvalue weighted by atomic mass is 10.1. The molecule has 88 valence electrons. The number of pyridine rings is 1. The molecule has 2 heterocycles. The standard InChI is InChI=1S/C12H12N2O3/c1-17-12(11(15)16)6-2-5-10(14-12)9-4-3-7-13-8-9/h2-8,14H,1H3,(H,15,16). The molecule has 0 aliphatic carbocycles. The molecular weight excluding hydrogens is 220 g/mol. The van der Waals surface area contributed by atoms with Gasteiger partial charge < -0.3 is 15.2 Å². The van der Waals surface area contributed by atoms with Crippen LogP contribution in [0.25, 0.3) is 5.70 Å². The molecule has 1 aromatic heterocycles. The molecule has 1 atom stereocenters. The summed E-state index contributed by atoms with van der Waals surface area (Å²) in [6.45, 7) is 0. The highest BCUT2D eigenvalue weighted by Gasteiger charge is 2.38. The quantitative estimate of drug-likeness (QED) is 0.813. The number of carboxylic acid groups (broad SMARTS) is 1. The van der Waals surface area contributed by atoms with Crippen molar-refractivity contribution in [2.24, 2.45) is 0 Å². The van der Waals surface area contributed by atoms with Crippen molar-refractivity contribution in [1.29, 1.82) is 0 Å². The van der Waals surface area contributed by atoms with Gasteiger partial charge in [0.1, 0.15) is 0 Å². The van der Waals surface area contributed by atoms with Gasteiger partial charge in [0, 0.05) is 30.8 Å². The number of carbonyl (C=O) groups is 1. The Bertz CT molecular complexity index is 482. The van der Waals surface area contributed by atoms with Gasteiger partial charge in [0.25, 0.3) is 5.72 Å². The third kappa shape index (κ3) is 2.05. The van der Waals surface area contributed by atoms with Crippen LogP contribution in [0.15, 0.2) is 42.8 Å². The van der Waals surface area contributed by atoms with Crippen LogP contribution in [-0.2, 0) is 9.53 Å². The number of ether oxygens (including phenoxy) is 1. The van der Waals surface area contributed by atoms with Crippen molar-refractivity contribution in [3.8, 4) is 0 Å². The molecule has 0 spiro atoms. The average Bonchev–Trinajstić information content (AvgIpc) is 2.39. The minimum absolute atomic E-state index is 0.657. The second kappa shape index (κ2) is 4.39. The van der Waals surface area contributed by atoms with E-state index in [2.05, 4.69) is 10.3 Å². The Morgan fingerprint density at radius 1 is 1.59 bits per heavy atom. The van der Waals surface area contributed by atoms with E-state index in [1.807, 2.05) is 6.07 Å². The highest BCUT2D eigenvalue weighted by Crippen LogP contribution is 2.21. The zero-order valence-corrected chi connectivity index (χ0v) is 9.25. The number of aliphatic carboxylic acids is 1. The van der Waals surface area contributed by atoms with Crippen molar-refractivity contribution < 1.29 is 14.6 Å². The fourth-order valence-corrected chi connectivity index (χ4v) is 1.58. The van der Waals surface area contributed by atoms with Gasteiger partial charge in [0.2, 0.25) is 0 Å². The first kappa shape index (κ1) is 11.3. The molecule has 2 rings (SSSR count). The number of carboxylic acids is 1. The van der Waals surface area contributed by atoms with Gasteiger partial charge in [-0.15, -0.1) is 0 Å². The lowest BCUT2D eigenvalue weighted by Crippen LogP contribution is -2.52. The third-order valence-electron chi connectivity index (χ3n) is 2.53. The molecule has 17 heavy (non-hydrogen) atoms. The Kier molecular flexibility index (Phi) is 2.93. The van der Waals surface area contributed by atoms with E-state index in [0.29, 0.717) is 5.70 Å². The average molecular weight is 232 g/mol. The van der Waals surface area contributed by atoms with Crippen molar-refractivity contribution in [3.05, 3.63) is 48.3 Å². The van der Waals surface area contributed by atoms with E-state index in [9.17, 15) is 9.90 Å². The third-order valence-corrected chi connectivity index (χ3v) is 2.53. The molecule has 1 aromatic rings. The Morgan fingerprint density at radius 2 is 2.41 bits per heavy atom. The van der Waals surface area contributed by atoms with Crippen LogP contribution in [0.1, 0.15) is 5.56 Å². The summed E-state index contributed by atoms with van der Waals surface area (Å²) in [5.74, 6) is -1.09. The van der Waals surface area contributed by atoms with Crippen molar-refractivity contribution in [2.75, 3.05) is 7.11 Å². The summed E-state index contributed by atoms with van der Waals surface area (Å²) >= 11 is 0. The molecule has 0 saturated carbocycles. The number of allylic oxidation sites excluding steroid dienone is 2. The van der Waals surface area contributed by atoms with Gasteiger partial charge >= 0.3 is 5.97 Å². The first-order valence-electron chi connectivity index (χ1n) is 5.04. The van der Waals surface area contributed by atoms with E-state index in [1.165, 1.54) is 13.2 Å². The van der Waals surface area contributed by atoms with Crippen LogP contribution in [0, 0.1) is 0 Å². The number of nitrogens with zero attached hydrogens (tertiary/aromatic N) is 1. The molecule has 5 heteroatoms. The lowest BCUT2D eigenvalue weighted by molar-refractivity contribution is -0.158. The Morgan fingerprint density at radius 3 is 3.00 bits per heavy atom. The van der Waals surface area contributed by atoms with Gasteiger partial charge in [-0.3, -0.25) is 4.98 Å². The van der Waals surface area contributed by atoms with Gasteiger partial charge in [0.15, 0.2) is 0 Å². The van der Waals surface area contributed by atoms with Crippen molar-refractivity contribution >= 4 is 11.7 Å². The van der Waals surface area contributed by atoms with Gasteiger partial charge in [0.05, 0.1) is 0 Å². The van der Waals surface area contributed by atoms with E-state index >= 15 is 0 Å². The first-order chi connectivity index (χ1) is 8.18. The SMILES string of the molecule is COC1(C(=O)O)C=CC=C(c2cccnc2)N1. The smallest absolute Gasteiger partial charge is 0.361 e. The molecule has 5 nitrogen and oxygen atoms in total. The highest BCUT2D eigenvalue weighted by molar-refractivity contribution is 5.84. The predicted molar refractivity (Wildman–Crippen MR) is 61.9 cm³/mol. The molecular formula is C12H12N2O3. The normalized spacial score (nSPS) is 22.8. The lowest BCUT2D eigenvalue weighted by Gasteiger charge is -2.30. The molecule has 1 aliphatic heterocycles. The van der Waals surface area contributed by atoms with Gasteiger partial charge in [-0.05, 0) is 24.3 Å². The number of rotatable bonds is 3. The number of nitrogens with one attached hydrogen (secondary N) is 1. The summed E-state index contributed by atoms with van der Waals surface area (Å²) in [7, 11) is 1.34. The van der Waals surface area contributed by atoms with Gasteiger partial charge in [-0.1, -0.05) is 6.08 Å². The zero-order valence-electron chi connectivity index (χ0n) is 9.25. The summed E-state index contributed by atoms with van der Waals surface area (Å²) in [6, 6.07) is 3.62. The largest absolute Gasteiger partial charge is 0.477 e. The zero-order chi connectivity index (χ0) is 12.3. The fourth-order valence-electron chi connectivity index (χ4n) is 1.58. The van der Waals surface area contributed by atoms with Gasteiger partial charge in [-0.2, -0.15) is 0 Å². The number of hydrogen-bond acceptors (Lipinski definition) is 4. The van der Waals surface area contributed by atoms with Crippen LogP contribution >= 0.6 is 0 Å². The summed E-state index contributed by atoms with van der Waals surface area (Å²) in [4.78, 5) is 15.2. The second-order valence-electron chi connectivity index (χ2n) is 3.55. The van der Waals surface area contributed by atoms with E-state index in [0.717, 1.165) is 5.56 Å². The van der Waals surface area contributed by atoms with Crippen molar-refractivity contribution in [3.63, 3.8) is 0 Å². The van der Waals surface area contributed by atoms with E-state index in [4.69, 9.17) is 4.74 Å². The monoisotopic (exact) mass is 232 g/mol. The molecule has 0 aromatic carbocycles. The second-order valence-corrected chi connectivity index (χ2v) is 3.55. The summed E-state index contributed by atoms with van der Waals surface area (Å²) < 4.78 is 5.03.